The first-order chi connectivity index (χ1) is 9.79. The highest BCUT2D eigenvalue weighted by Gasteiger charge is 2.32. The maximum absolute atomic E-state index is 13.3. The van der Waals surface area contributed by atoms with Gasteiger partial charge < -0.3 is 5.73 Å². The van der Waals surface area contributed by atoms with Gasteiger partial charge in [0.25, 0.3) is 0 Å². The summed E-state index contributed by atoms with van der Waals surface area (Å²) in [5, 5.41) is 0. The second-order valence-corrected chi connectivity index (χ2v) is 8.84. The zero-order valence-corrected chi connectivity index (χ0v) is 13.8. The van der Waals surface area contributed by atoms with Gasteiger partial charge in [-0.3, -0.25) is 0 Å². The zero-order chi connectivity index (χ0) is 15.6. The van der Waals surface area contributed by atoms with Crippen LogP contribution in [0.2, 0.25) is 0 Å². The predicted molar refractivity (Wildman–Crippen MR) is 86.8 cm³/mol. The van der Waals surface area contributed by atoms with Crippen LogP contribution in [0.3, 0.4) is 0 Å². The summed E-state index contributed by atoms with van der Waals surface area (Å²) in [6.07, 6.45) is 3.33. The Morgan fingerprint density at radius 3 is 2.62 bits per heavy atom. The van der Waals surface area contributed by atoms with E-state index >= 15 is 0 Å². The number of nitrogen functional groups attached to an aromatic ring is 1. The summed E-state index contributed by atoms with van der Waals surface area (Å²) in [5.41, 5.74) is 6.98. The van der Waals surface area contributed by atoms with Crippen molar-refractivity contribution in [3.05, 3.63) is 29.6 Å². The Balaban J connectivity index is 1.97. The van der Waals surface area contributed by atoms with Crippen LogP contribution in [0.1, 0.15) is 51.5 Å². The van der Waals surface area contributed by atoms with E-state index in [0.29, 0.717) is 18.4 Å². The lowest BCUT2D eigenvalue weighted by molar-refractivity contribution is 0.547. The van der Waals surface area contributed by atoms with Crippen LogP contribution < -0.4 is 10.5 Å². The number of nitrogens with one attached hydrogen (secondary N) is 1. The fourth-order valence-electron chi connectivity index (χ4n) is 2.49. The van der Waals surface area contributed by atoms with Gasteiger partial charge in [-0.1, -0.05) is 6.07 Å². The van der Waals surface area contributed by atoms with Gasteiger partial charge in [-0.05, 0) is 69.6 Å². The lowest BCUT2D eigenvalue weighted by Gasteiger charge is -2.21. The topological polar surface area (TPSA) is 55.1 Å². The first-order valence-electron chi connectivity index (χ1n) is 7.49. The lowest BCUT2D eigenvalue weighted by atomic mass is 9.91. The standard InChI is InChI=1S/C16H25FN2OS/c1-16(2,3)21(20)19-9-8-13(11-4-5-11)12-6-7-14(17)15(18)10-12/h6-7,10-11,13,19H,4-5,8-9,18H2,1-3H3. The summed E-state index contributed by atoms with van der Waals surface area (Å²) < 4.78 is 28.1. The molecule has 1 aliphatic rings. The van der Waals surface area contributed by atoms with Crippen LogP contribution in [0.5, 0.6) is 0 Å². The molecule has 0 spiro atoms. The monoisotopic (exact) mass is 312 g/mol. The van der Waals surface area contributed by atoms with Crippen LogP contribution in [0.15, 0.2) is 18.2 Å². The summed E-state index contributed by atoms with van der Waals surface area (Å²) >= 11 is 0. The van der Waals surface area contributed by atoms with Crippen LogP contribution >= 0.6 is 0 Å². The molecule has 2 rings (SSSR count). The molecule has 3 N–H and O–H groups in total. The molecular weight excluding hydrogens is 287 g/mol. The second-order valence-electron chi connectivity index (χ2n) is 6.79. The summed E-state index contributed by atoms with van der Waals surface area (Å²) in [6, 6.07) is 5.02. The average Bonchev–Trinajstić information content (AvgIpc) is 3.21. The number of anilines is 1. The molecule has 0 bridgehead atoms. The van der Waals surface area contributed by atoms with Crippen LogP contribution in [0, 0.1) is 11.7 Å². The Bertz CT molecular complexity index is 523. The highest BCUT2D eigenvalue weighted by molar-refractivity contribution is 7.84. The summed E-state index contributed by atoms with van der Waals surface area (Å²) in [4.78, 5) is 0. The van der Waals surface area contributed by atoms with Crippen molar-refractivity contribution in [1.29, 1.82) is 0 Å². The van der Waals surface area contributed by atoms with Gasteiger partial charge in [-0.25, -0.2) is 13.3 Å². The van der Waals surface area contributed by atoms with Crippen LogP contribution in [0.25, 0.3) is 0 Å². The molecule has 2 atom stereocenters. The summed E-state index contributed by atoms with van der Waals surface area (Å²) in [5.74, 6) is 0.664. The molecule has 21 heavy (non-hydrogen) atoms. The Morgan fingerprint density at radius 1 is 1.43 bits per heavy atom. The Kier molecular flexibility index (Phi) is 5.04. The summed E-state index contributed by atoms with van der Waals surface area (Å²) in [6.45, 7) is 6.56. The fraction of sp³-hybridized carbons (Fsp3) is 0.625. The third-order valence-electron chi connectivity index (χ3n) is 3.88. The van der Waals surface area contributed by atoms with Gasteiger partial charge in [0, 0.05) is 6.54 Å². The Hall–Kier alpha value is -0.940. The van der Waals surface area contributed by atoms with E-state index in [1.165, 1.54) is 18.9 Å². The fourth-order valence-corrected chi connectivity index (χ4v) is 3.23. The number of nitrogens with two attached hydrogens (primary N) is 1. The molecular formula is C16H25FN2OS. The van der Waals surface area contributed by atoms with E-state index in [9.17, 15) is 8.60 Å². The van der Waals surface area contributed by atoms with E-state index in [-0.39, 0.29) is 16.3 Å². The normalized spacial score (nSPS) is 18.5. The molecule has 1 saturated carbocycles. The molecule has 0 saturated heterocycles. The van der Waals surface area contributed by atoms with Crippen molar-refractivity contribution >= 4 is 16.7 Å². The van der Waals surface area contributed by atoms with Crippen LogP contribution in [0.4, 0.5) is 10.1 Å². The van der Waals surface area contributed by atoms with Gasteiger partial charge in [-0.15, -0.1) is 0 Å². The van der Waals surface area contributed by atoms with Gasteiger partial charge in [0.2, 0.25) is 0 Å². The van der Waals surface area contributed by atoms with Crippen LogP contribution in [-0.4, -0.2) is 15.5 Å². The van der Waals surface area contributed by atoms with Crippen molar-refractivity contribution in [3.8, 4) is 0 Å². The minimum Gasteiger partial charge on any atom is -0.396 e. The van der Waals surface area contributed by atoms with Gasteiger partial charge >= 0.3 is 0 Å². The number of halogens is 1. The molecule has 3 nitrogen and oxygen atoms in total. The van der Waals surface area contributed by atoms with E-state index in [1.807, 2.05) is 26.8 Å². The first kappa shape index (κ1) is 16.4. The highest BCUT2D eigenvalue weighted by Crippen LogP contribution is 2.44. The zero-order valence-electron chi connectivity index (χ0n) is 13.0. The molecule has 5 heteroatoms. The van der Waals surface area contributed by atoms with Crippen LogP contribution in [-0.2, 0) is 11.0 Å². The molecule has 2 unspecified atom stereocenters. The van der Waals surface area contributed by atoms with Crippen molar-refractivity contribution in [2.45, 2.75) is 50.7 Å². The van der Waals surface area contributed by atoms with Crippen molar-refractivity contribution in [2.24, 2.45) is 5.92 Å². The molecule has 1 aliphatic carbocycles. The molecule has 0 amide bonds. The second kappa shape index (κ2) is 6.44. The first-order valence-corrected chi connectivity index (χ1v) is 8.64. The number of benzene rings is 1. The smallest absolute Gasteiger partial charge is 0.146 e. The Morgan fingerprint density at radius 2 is 2.10 bits per heavy atom. The maximum atomic E-state index is 13.3. The van der Waals surface area contributed by atoms with Gasteiger partial charge in [-0.2, -0.15) is 0 Å². The maximum Gasteiger partial charge on any atom is 0.146 e. The van der Waals surface area contributed by atoms with E-state index in [2.05, 4.69) is 4.72 Å². The van der Waals surface area contributed by atoms with E-state index < -0.39 is 11.0 Å². The van der Waals surface area contributed by atoms with Gasteiger partial charge in [0.1, 0.15) is 5.82 Å². The van der Waals surface area contributed by atoms with Gasteiger partial charge in [0.15, 0.2) is 0 Å². The van der Waals surface area contributed by atoms with Crippen molar-refractivity contribution in [3.63, 3.8) is 0 Å². The summed E-state index contributed by atoms with van der Waals surface area (Å²) in [7, 11) is -1.05. The molecule has 1 aromatic carbocycles. The van der Waals surface area contributed by atoms with Crippen molar-refractivity contribution in [1.82, 2.24) is 4.72 Å². The molecule has 0 aliphatic heterocycles. The number of hydrogen-bond donors (Lipinski definition) is 2. The predicted octanol–water partition coefficient (Wildman–Crippen LogP) is 3.34. The minimum absolute atomic E-state index is 0.212. The number of rotatable bonds is 6. The molecule has 0 heterocycles. The molecule has 1 fully saturated rings. The van der Waals surface area contributed by atoms with E-state index in [0.717, 1.165) is 12.0 Å². The molecule has 0 radical (unpaired) electrons. The quantitative estimate of drug-likeness (QED) is 0.792. The minimum atomic E-state index is -1.05. The Labute approximate surface area is 129 Å². The lowest BCUT2D eigenvalue weighted by Crippen LogP contribution is -2.34. The van der Waals surface area contributed by atoms with E-state index in [4.69, 9.17) is 5.73 Å². The molecule has 1 aromatic rings. The molecule has 0 aromatic heterocycles. The third-order valence-corrected chi connectivity index (χ3v) is 5.46. The van der Waals surface area contributed by atoms with E-state index in [1.54, 1.807) is 6.07 Å². The van der Waals surface area contributed by atoms with Crippen molar-refractivity contribution < 1.29 is 8.60 Å². The molecule has 118 valence electrons. The average molecular weight is 312 g/mol. The van der Waals surface area contributed by atoms with Gasteiger partial charge in [0.05, 0.1) is 21.4 Å². The largest absolute Gasteiger partial charge is 0.396 e. The number of hydrogen-bond acceptors (Lipinski definition) is 2. The highest BCUT2D eigenvalue weighted by atomic mass is 32.2. The third kappa shape index (κ3) is 4.51. The van der Waals surface area contributed by atoms with Crippen molar-refractivity contribution in [2.75, 3.05) is 12.3 Å². The SMILES string of the molecule is CC(C)(C)S(=O)NCCC(c1ccc(F)c(N)c1)C1CC1.